The van der Waals surface area contributed by atoms with E-state index in [9.17, 15) is 4.79 Å². The number of hydrogen-bond donors (Lipinski definition) is 0. The van der Waals surface area contributed by atoms with Gasteiger partial charge in [0, 0.05) is 36.9 Å². The number of aryl methyl sites for hydroxylation is 2. The predicted octanol–water partition coefficient (Wildman–Crippen LogP) is 1.41. The van der Waals surface area contributed by atoms with E-state index in [0.29, 0.717) is 6.54 Å². The van der Waals surface area contributed by atoms with Crippen LogP contribution < -0.4 is 0 Å². The summed E-state index contributed by atoms with van der Waals surface area (Å²) in [5.74, 6) is 0.0856. The van der Waals surface area contributed by atoms with E-state index < -0.39 is 0 Å². The van der Waals surface area contributed by atoms with Crippen LogP contribution in [0.4, 0.5) is 0 Å². The minimum absolute atomic E-state index is 0.0856. The molecule has 4 heteroatoms. The lowest BCUT2D eigenvalue weighted by Gasteiger charge is -2.01. The highest BCUT2D eigenvalue weighted by Crippen LogP contribution is 2.04. The zero-order chi connectivity index (χ0) is 10.8. The van der Waals surface area contributed by atoms with Gasteiger partial charge in [0.1, 0.15) is 6.54 Å². The van der Waals surface area contributed by atoms with E-state index in [1.165, 1.54) is 0 Å². The van der Waals surface area contributed by atoms with Crippen LogP contribution in [-0.2, 0) is 13.6 Å². The molecule has 0 N–H and O–H groups in total. The van der Waals surface area contributed by atoms with Crippen LogP contribution in [0.15, 0.2) is 30.7 Å². The Balaban J connectivity index is 2.14. The van der Waals surface area contributed by atoms with Gasteiger partial charge in [-0.3, -0.25) is 9.48 Å². The standard InChI is InChI=1S/C11H13N3O/c1-9-3-5-12-14(9)8-11(15)10-4-6-13(2)7-10/h3-7H,8H2,1-2H3. The van der Waals surface area contributed by atoms with Gasteiger partial charge < -0.3 is 4.57 Å². The molecule has 2 aromatic rings. The Hall–Kier alpha value is -1.84. The highest BCUT2D eigenvalue weighted by atomic mass is 16.1. The lowest BCUT2D eigenvalue weighted by Crippen LogP contribution is -2.12. The molecule has 0 unspecified atom stereocenters. The molecule has 0 fully saturated rings. The molecule has 0 bridgehead atoms. The van der Waals surface area contributed by atoms with Crippen molar-refractivity contribution in [3.8, 4) is 0 Å². The lowest BCUT2D eigenvalue weighted by atomic mass is 10.2. The molecule has 0 aliphatic carbocycles. The fourth-order valence-electron chi connectivity index (χ4n) is 1.46. The third kappa shape index (κ3) is 1.98. The average Bonchev–Trinajstić information content (AvgIpc) is 2.77. The molecule has 0 saturated heterocycles. The van der Waals surface area contributed by atoms with Gasteiger partial charge in [0.15, 0.2) is 5.78 Å². The molecule has 2 heterocycles. The van der Waals surface area contributed by atoms with Crippen molar-refractivity contribution in [2.24, 2.45) is 7.05 Å². The molecule has 4 nitrogen and oxygen atoms in total. The first-order valence-corrected chi connectivity index (χ1v) is 4.80. The topological polar surface area (TPSA) is 39.8 Å². The van der Waals surface area contributed by atoms with E-state index in [1.807, 2.05) is 43.1 Å². The van der Waals surface area contributed by atoms with Crippen LogP contribution in [0.2, 0.25) is 0 Å². The fourth-order valence-corrected chi connectivity index (χ4v) is 1.46. The second kappa shape index (κ2) is 3.73. The maximum atomic E-state index is 11.8. The Labute approximate surface area is 88.1 Å². The SMILES string of the molecule is Cc1ccnn1CC(=O)c1ccn(C)c1. The number of Topliss-reactive ketones (excluding diaryl/α,β-unsaturated/α-hetero) is 1. The lowest BCUT2D eigenvalue weighted by molar-refractivity contribution is 0.0967. The molecule has 0 aliphatic heterocycles. The van der Waals surface area contributed by atoms with Crippen LogP contribution in [0, 0.1) is 6.92 Å². The first kappa shape index (κ1) is 9.71. The van der Waals surface area contributed by atoms with Crippen LogP contribution in [0.25, 0.3) is 0 Å². The van der Waals surface area contributed by atoms with Crippen molar-refractivity contribution in [1.29, 1.82) is 0 Å². The van der Waals surface area contributed by atoms with E-state index in [2.05, 4.69) is 5.10 Å². The van der Waals surface area contributed by atoms with Gasteiger partial charge in [0.2, 0.25) is 0 Å². The molecule has 0 saturated carbocycles. The molecule has 2 aromatic heterocycles. The Kier molecular flexibility index (Phi) is 2.41. The van der Waals surface area contributed by atoms with Gasteiger partial charge in [-0.25, -0.2) is 0 Å². The van der Waals surface area contributed by atoms with Gasteiger partial charge in [-0.15, -0.1) is 0 Å². The van der Waals surface area contributed by atoms with Crippen LogP contribution in [0.5, 0.6) is 0 Å². The third-order valence-electron chi connectivity index (χ3n) is 2.38. The van der Waals surface area contributed by atoms with Gasteiger partial charge >= 0.3 is 0 Å². The number of hydrogen-bond acceptors (Lipinski definition) is 2. The summed E-state index contributed by atoms with van der Waals surface area (Å²) < 4.78 is 3.57. The Bertz CT molecular complexity index is 481. The number of nitrogens with zero attached hydrogens (tertiary/aromatic N) is 3. The Morgan fingerprint density at radius 1 is 1.47 bits per heavy atom. The molecule has 0 atom stereocenters. The summed E-state index contributed by atoms with van der Waals surface area (Å²) in [5, 5.41) is 4.08. The number of carbonyl (C=O) groups is 1. The average molecular weight is 203 g/mol. The monoisotopic (exact) mass is 203 g/mol. The first-order valence-electron chi connectivity index (χ1n) is 4.80. The van der Waals surface area contributed by atoms with E-state index in [-0.39, 0.29) is 5.78 Å². The molecule has 15 heavy (non-hydrogen) atoms. The van der Waals surface area contributed by atoms with E-state index in [0.717, 1.165) is 11.3 Å². The fraction of sp³-hybridized carbons (Fsp3) is 0.273. The molecule has 0 aliphatic rings. The maximum absolute atomic E-state index is 11.8. The van der Waals surface area contributed by atoms with Gasteiger partial charge in [-0.05, 0) is 19.1 Å². The highest BCUT2D eigenvalue weighted by Gasteiger charge is 2.09. The van der Waals surface area contributed by atoms with Crippen LogP contribution in [0.3, 0.4) is 0 Å². The van der Waals surface area contributed by atoms with Crippen molar-refractivity contribution in [2.45, 2.75) is 13.5 Å². The Morgan fingerprint density at radius 2 is 2.27 bits per heavy atom. The number of carbonyl (C=O) groups excluding carboxylic acids is 1. The molecule has 2 rings (SSSR count). The zero-order valence-electron chi connectivity index (χ0n) is 8.84. The minimum Gasteiger partial charge on any atom is -0.357 e. The molecular formula is C11H13N3O. The zero-order valence-corrected chi connectivity index (χ0v) is 8.84. The number of aromatic nitrogens is 3. The van der Waals surface area contributed by atoms with Crippen molar-refractivity contribution in [3.63, 3.8) is 0 Å². The van der Waals surface area contributed by atoms with Crippen LogP contribution in [0.1, 0.15) is 16.1 Å². The van der Waals surface area contributed by atoms with Gasteiger partial charge in [0.25, 0.3) is 0 Å². The molecular weight excluding hydrogens is 190 g/mol. The summed E-state index contributed by atoms with van der Waals surface area (Å²) >= 11 is 0. The first-order chi connectivity index (χ1) is 7.16. The largest absolute Gasteiger partial charge is 0.357 e. The highest BCUT2D eigenvalue weighted by molar-refractivity contribution is 5.95. The summed E-state index contributed by atoms with van der Waals surface area (Å²) in [6, 6.07) is 3.71. The molecule has 78 valence electrons. The summed E-state index contributed by atoms with van der Waals surface area (Å²) in [7, 11) is 1.90. The van der Waals surface area contributed by atoms with Crippen molar-refractivity contribution in [3.05, 3.63) is 42.0 Å². The number of ketones is 1. The van der Waals surface area contributed by atoms with Gasteiger partial charge in [0.05, 0.1) is 0 Å². The van der Waals surface area contributed by atoms with Crippen molar-refractivity contribution in [2.75, 3.05) is 0 Å². The molecule has 0 radical (unpaired) electrons. The molecule has 0 aromatic carbocycles. The molecule has 0 amide bonds. The molecule has 0 spiro atoms. The Morgan fingerprint density at radius 3 is 2.80 bits per heavy atom. The van der Waals surface area contributed by atoms with Crippen molar-refractivity contribution in [1.82, 2.24) is 14.3 Å². The van der Waals surface area contributed by atoms with Crippen LogP contribution >= 0.6 is 0 Å². The smallest absolute Gasteiger partial charge is 0.185 e. The summed E-state index contributed by atoms with van der Waals surface area (Å²) in [6.45, 7) is 2.24. The second-order valence-electron chi connectivity index (χ2n) is 3.62. The quantitative estimate of drug-likeness (QED) is 0.708. The summed E-state index contributed by atoms with van der Waals surface area (Å²) in [6.07, 6.45) is 5.39. The van der Waals surface area contributed by atoms with E-state index in [1.54, 1.807) is 10.9 Å². The normalized spacial score (nSPS) is 10.5. The van der Waals surface area contributed by atoms with Gasteiger partial charge in [-0.2, -0.15) is 5.10 Å². The van der Waals surface area contributed by atoms with Crippen molar-refractivity contribution < 1.29 is 4.79 Å². The van der Waals surface area contributed by atoms with Crippen molar-refractivity contribution >= 4 is 5.78 Å². The number of rotatable bonds is 3. The minimum atomic E-state index is 0.0856. The predicted molar refractivity (Wildman–Crippen MR) is 56.7 cm³/mol. The maximum Gasteiger partial charge on any atom is 0.185 e. The van der Waals surface area contributed by atoms with E-state index >= 15 is 0 Å². The summed E-state index contributed by atoms with van der Waals surface area (Å²) in [4.78, 5) is 11.8. The third-order valence-corrected chi connectivity index (χ3v) is 2.38. The van der Waals surface area contributed by atoms with Crippen LogP contribution in [-0.4, -0.2) is 20.1 Å². The summed E-state index contributed by atoms with van der Waals surface area (Å²) in [5.41, 5.74) is 1.73. The second-order valence-corrected chi connectivity index (χ2v) is 3.62. The van der Waals surface area contributed by atoms with Gasteiger partial charge in [-0.1, -0.05) is 0 Å². The van der Waals surface area contributed by atoms with E-state index in [4.69, 9.17) is 0 Å².